The molecule has 1 aromatic carbocycles. The molecule has 2 amide bonds. The smallest absolute Gasteiger partial charge is 0.221 e. The van der Waals surface area contributed by atoms with E-state index in [0.29, 0.717) is 12.8 Å². The molecule has 0 saturated carbocycles. The van der Waals surface area contributed by atoms with Gasteiger partial charge in [0.1, 0.15) is 0 Å². The average Bonchev–Trinajstić information content (AvgIpc) is 2.36. The first-order valence-corrected chi connectivity index (χ1v) is 6.81. The molecule has 0 saturated heterocycles. The maximum absolute atomic E-state index is 11.8. The van der Waals surface area contributed by atoms with Gasteiger partial charge in [0.05, 0.1) is 6.04 Å². The molecule has 0 fully saturated rings. The van der Waals surface area contributed by atoms with Crippen molar-refractivity contribution in [2.24, 2.45) is 5.73 Å². The highest BCUT2D eigenvalue weighted by molar-refractivity contribution is 5.88. The van der Waals surface area contributed by atoms with Crippen LogP contribution in [0.15, 0.2) is 24.3 Å². The number of rotatable bonds is 6. The van der Waals surface area contributed by atoms with Gasteiger partial charge in [0.2, 0.25) is 11.8 Å². The van der Waals surface area contributed by atoms with Crippen LogP contribution in [0.25, 0.3) is 0 Å². The molecule has 2 unspecified atom stereocenters. The van der Waals surface area contributed by atoms with Crippen molar-refractivity contribution in [2.75, 3.05) is 5.32 Å². The molecule has 0 bridgehead atoms. The molecular weight excluding hydrogens is 254 g/mol. The van der Waals surface area contributed by atoms with Gasteiger partial charge in [-0.15, -0.1) is 0 Å². The third-order valence-corrected chi connectivity index (χ3v) is 2.91. The van der Waals surface area contributed by atoms with Crippen molar-refractivity contribution in [1.29, 1.82) is 0 Å². The van der Waals surface area contributed by atoms with E-state index in [0.717, 1.165) is 11.3 Å². The molecule has 0 aliphatic rings. The van der Waals surface area contributed by atoms with Crippen LogP contribution in [0.1, 0.15) is 45.2 Å². The fourth-order valence-electron chi connectivity index (χ4n) is 1.84. The van der Waals surface area contributed by atoms with Gasteiger partial charge in [-0.2, -0.15) is 0 Å². The highest BCUT2D eigenvalue weighted by Crippen LogP contribution is 2.17. The van der Waals surface area contributed by atoms with Crippen LogP contribution in [-0.4, -0.2) is 17.9 Å². The SMILES string of the molecule is CC(=O)Nc1cccc(C(C)NC(=O)CCC(C)N)c1. The molecule has 2 atom stereocenters. The number of nitrogens with two attached hydrogens (primary N) is 1. The maximum atomic E-state index is 11.8. The number of amides is 2. The van der Waals surface area contributed by atoms with E-state index in [1.807, 2.05) is 38.1 Å². The lowest BCUT2D eigenvalue weighted by molar-refractivity contribution is -0.122. The second kappa shape index (κ2) is 7.65. The average molecular weight is 277 g/mol. The molecule has 0 aliphatic heterocycles. The molecule has 0 heterocycles. The normalized spacial score (nSPS) is 13.4. The predicted octanol–water partition coefficient (Wildman–Crippen LogP) is 1.95. The number of carbonyl (C=O) groups is 2. The number of anilines is 1. The number of hydrogen-bond acceptors (Lipinski definition) is 3. The van der Waals surface area contributed by atoms with E-state index in [-0.39, 0.29) is 23.9 Å². The van der Waals surface area contributed by atoms with E-state index in [1.165, 1.54) is 6.92 Å². The second-order valence-corrected chi connectivity index (χ2v) is 5.11. The van der Waals surface area contributed by atoms with Gasteiger partial charge in [-0.25, -0.2) is 0 Å². The zero-order chi connectivity index (χ0) is 15.1. The Kier molecular flexibility index (Phi) is 6.18. The van der Waals surface area contributed by atoms with E-state index in [4.69, 9.17) is 5.73 Å². The predicted molar refractivity (Wildman–Crippen MR) is 80.2 cm³/mol. The first kappa shape index (κ1) is 16.2. The van der Waals surface area contributed by atoms with Crippen LogP contribution < -0.4 is 16.4 Å². The highest BCUT2D eigenvalue weighted by atomic mass is 16.2. The zero-order valence-electron chi connectivity index (χ0n) is 12.3. The molecule has 5 heteroatoms. The molecule has 1 aromatic rings. The lowest BCUT2D eigenvalue weighted by Crippen LogP contribution is -2.28. The standard InChI is InChI=1S/C15H23N3O2/c1-10(16)7-8-15(20)17-11(2)13-5-4-6-14(9-13)18-12(3)19/h4-6,9-11H,7-8,16H2,1-3H3,(H,17,20)(H,18,19). The van der Waals surface area contributed by atoms with Gasteiger partial charge < -0.3 is 16.4 Å². The number of carbonyl (C=O) groups excluding carboxylic acids is 2. The summed E-state index contributed by atoms with van der Waals surface area (Å²) in [6.45, 7) is 5.26. The van der Waals surface area contributed by atoms with Crippen molar-refractivity contribution in [3.05, 3.63) is 29.8 Å². The van der Waals surface area contributed by atoms with Gasteiger partial charge in [-0.1, -0.05) is 12.1 Å². The summed E-state index contributed by atoms with van der Waals surface area (Å²) in [6, 6.07) is 7.36. The van der Waals surface area contributed by atoms with Gasteiger partial charge in [0.25, 0.3) is 0 Å². The summed E-state index contributed by atoms with van der Waals surface area (Å²) in [5.74, 6) is -0.129. The topological polar surface area (TPSA) is 84.2 Å². The van der Waals surface area contributed by atoms with Gasteiger partial charge in [0.15, 0.2) is 0 Å². The molecule has 20 heavy (non-hydrogen) atoms. The second-order valence-electron chi connectivity index (χ2n) is 5.11. The van der Waals surface area contributed by atoms with Crippen LogP contribution >= 0.6 is 0 Å². The Morgan fingerprint density at radius 1 is 1.30 bits per heavy atom. The lowest BCUT2D eigenvalue weighted by atomic mass is 10.1. The Morgan fingerprint density at radius 2 is 2.00 bits per heavy atom. The summed E-state index contributed by atoms with van der Waals surface area (Å²) in [4.78, 5) is 22.8. The van der Waals surface area contributed by atoms with Crippen LogP contribution in [0, 0.1) is 0 Å². The van der Waals surface area contributed by atoms with Gasteiger partial charge in [0, 0.05) is 25.1 Å². The van der Waals surface area contributed by atoms with Gasteiger partial charge in [-0.3, -0.25) is 9.59 Å². The van der Waals surface area contributed by atoms with Crippen LogP contribution in [-0.2, 0) is 9.59 Å². The zero-order valence-corrected chi connectivity index (χ0v) is 12.3. The molecule has 0 radical (unpaired) electrons. The number of benzene rings is 1. The Morgan fingerprint density at radius 3 is 2.60 bits per heavy atom. The Balaban J connectivity index is 2.60. The Bertz CT molecular complexity index is 472. The monoisotopic (exact) mass is 277 g/mol. The van der Waals surface area contributed by atoms with E-state index in [9.17, 15) is 9.59 Å². The molecule has 0 aliphatic carbocycles. The van der Waals surface area contributed by atoms with Gasteiger partial charge >= 0.3 is 0 Å². The fraction of sp³-hybridized carbons (Fsp3) is 0.467. The molecule has 0 spiro atoms. The summed E-state index contributed by atoms with van der Waals surface area (Å²) in [5, 5.41) is 5.65. The van der Waals surface area contributed by atoms with Gasteiger partial charge in [-0.05, 0) is 38.0 Å². The van der Waals surface area contributed by atoms with Crippen molar-refractivity contribution in [3.63, 3.8) is 0 Å². The Hall–Kier alpha value is -1.88. The number of hydrogen-bond donors (Lipinski definition) is 3. The minimum absolute atomic E-state index is 0.0141. The van der Waals surface area contributed by atoms with E-state index in [1.54, 1.807) is 0 Å². The van der Waals surface area contributed by atoms with Crippen molar-refractivity contribution in [3.8, 4) is 0 Å². The Labute approximate surface area is 119 Å². The molecule has 1 rings (SSSR count). The first-order chi connectivity index (χ1) is 9.38. The third-order valence-electron chi connectivity index (χ3n) is 2.91. The third kappa shape index (κ3) is 5.84. The van der Waals surface area contributed by atoms with Crippen molar-refractivity contribution >= 4 is 17.5 Å². The first-order valence-electron chi connectivity index (χ1n) is 6.81. The van der Waals surface area contributed by atoms with Crippen molar-refractivity contribution in [2.45, 2.75) is 45.7 Å². The molecular formula is C15H23N3O2. The van der Waals surface area contributed by atoms with E-state index in [2.05, 4.69) is 10.6 Å². The molecule has 5 nitrogen and oxygen atoms in total. The highest BCUT2D eigenvalue weighted by Gasteiger charge is 2.10. The molecule has 0 aromatic heterocycles. The fourth-order valence-corrected chi connectivity index (χ4v) is 1.84. The van der Waals surface area contributed by atoms with Crippen molar-refractivity contribution in [1.82, 2.24) is 5.32 Å². The largest absolute Gasteiger partial charge is 0.350 e. The van der Waals surface area contributed by atoms with Crippen LogP contribution in [0.5, 0.6) is 0 Å². The molecule has 110 valence electrons. The summed E-state index contributed by atoms with van der Waals surface area (Å²) < 4.78 is 0. The van der Waals surface area contributed by atoms with Crippen LogP contribution in [0.2, 0.25) is 0 Å². The van der Waals surface area contributed by atoms with Crippen LogP contribution in [0.3, 0.4) is 0 Å². The van der Waals surface area contributed by atoms with E-state index >= 15 is 0 Å². The minimum atomic E-state index is -0.115. The minimum Gasteiger partial charge on any atom is -0.350 e. The molecule has 4 N–H and O–H groups in total. The van der Waals surface area contributed by atoms with E-state index < -0.39 is 0 Å². The summed E-state index contributed by atoms with van der Waals surface area (Å²) in [5.41, 5.74) is 7.31. The summed E-state index contributed by atoms with van der Waals surface area (Å²) in [7, 11) is 0. The summed E-state index contributed by atoms with van der Waals surface area (Å²) >= 11 is 0. The maximum Gasteiger partial charge on any atom is 0.221 e. The summed E-state index contributed by atoms with van der Waals surface area (Å²) in [6.07, 6.45) is 1.10. The van der Waals surface area contributed by atoms with Crippen molar-refractivity contribution < 1.29 is 9.59 Å². The lowest BCUT2D eigenvalue weighted by Gasteiger charge is -2.16. The quantitative estimate of drug-likeness (QED) is 0.743. The number of nitrogens with one attached hydrogen (secondary N) is 2. The van der Waals surface area contributed by atoms with Crippen LogP contribution in [0.4, 0.5) is 5.69 Å².